The summed E-state index contributed by atoms with van der Waals surface area (Å²) < 4.78 is 0. The lowest BCUT2D eigenvalue weighted by molar-refractivity contribution is -0.128. The number of amides is 1. The summed E-state index contributed by atoms with van der Waals surface area (Å²) in [7, 11) is 0. The van der Waals surface area contributed by atoms with Gasteiger partial charge in [-0.1, -0.05) is 42.5 Å². The van der Waals surface area contributed by atoms with Crippen molar-refractivity contribution in [1.82, 2.24) is 10.2 Å². The molecule has 2 aliphatic heterocycles. The van der Waals surface area contributed by atoms with E-state index in [0.29, 0.717) is 13.0 Å². The molecule has 2 aromatic carbocycles. The summed E-state index contributed by atoms with van der Waals surface area (Å²) in [4.78, 5) is 20.9. The molecule has 2 aliphatic rings. The highest BCUT2D eigenvalue weighted by atomic mass is 127. The lowest BCUT2D eigenvalue weighted by Crippen LogP contribution is -2.40. The molecular weight excluding hydrogens is 475 g/mol. The number of halogens is 1. The SMILES string of the molecule is CCNC(=NCc1ccc(CN2CCCC2=O)cc1)N1CCc2ccccc21.I. The van der Waals surface area contributed by atoms with Gasteiger partial charge in [-0.25, -0.2) is 4.99 Å². The molecule has 0 aromatic heterocycles. The lowest BCUT2D eigenvalue weighted by Gasteiger charge is -2.22. The Morgan fingerprint density at radius 2 is 1.79 bits per heavy atom. The second-order valence-corrected chi connectivity index (χ2v) is 7.44. The molecule has 29 heavy (non-hydrogen) atoms. The van der Waals surface area contributed by atoms with Gasteiger partial charge < -0.3 is 15.1 Å². The van der Waals surface area contributed by atoms with E-state index < -0.39 is 0 Å². The van der Waals surface area contributed by atoms with Gasteiger partial charge in [-0.3, -0.25) is 4.79 Å². The number of likely N-dealkylation sites (tertiary alicyclic amines) is 1. The number of nitrogens with one attached hydrogen (secondary N) is 1. The summed E-state index contributed by atoms with van der Waals surface area (Å²) >= 11 is 0. The molecule has 1 amide bonds. The summed E-state index contributed by atoms with van der Waals surface area (Å²) in [6.45, 7) is 6.16. The van der Waals surface area contributed by atoms with E-state index in [4.69, 9.17) is 4.99 Å². The van der Waals surface area contributed by atoms with E-state index in [1.54, 1.807) is 0 Å². The number of carbonyl (C=O) groups is 1. The first-order chi connectivity index (χ1) is 13.7. The van der Waals surface area contributed by atoms with Crippen molar-refractivity contribution in [3.05, 3.63) is 65.2 Å². The van der Waals surface area contributed by atoms with Crippen LogP contribution in [0.15, 0.2) is 53.5 Å². The number of fused-ring (bicyclic) bond motifs is 1. The van der Waals surface area contributed by atoms with Crippen molar-refractivity contribution < 1.29 is 4.79 Å². The Morgan fingerprint density at radius 3 is 2.52 bits per heavy atom. The minimum atomic E-state index is 0. The Labute approximate surface area is 190 Å². The van der Waals surface area contributed by atoms with Crippen molar-refractivity contribution >= 4 is 41.5 Å². The normalized spacial score (nSPS) is 16.0. The molecule has 154 valence electrons. The van der Waals surface area contributed by atoms with Crippen molar-refractivity contribution in [2.24, 2.45) is 4.99 Å². The van der Waals surface area contributed by atoms with Crippen LogP contribution in [0.25, 0.3) is 0 Å². The summed E-state index contributed by atoms with van der Waals surface area (Å²) in [6.07, 6.45) is 2.74. The van der Waals surface area contributed by atoms with Crippen LogP contribution >= 0.6 is 24.0 Å². The third-order valence-electron chi connectivity index (χ3n) is 5.46. The number of anilines is 1. The van der Waals surface area contributed by atoms with Crippen molar-refractivity contribution in [3.63, 3.8) is 0 Å². The van der Waals surface area contributed by atoms with E-state index in [9.17, 15) is 4.79 Å². The van der Waals surface area contributed by atoms with Crippen LogP contribution in [0.2, 0.25) is 0 Å². The molecule has 0 aliphatic carbocycles. The Hall–Kier alpha value is -2.09. The molecule has 2 heterocycles. The van der Waals surface area contributed by atoms with Crippen LogP contribution in [0.3, 0.4) is 0 Å². The van der Waals surface area contributed by atoms with Gasteiger partial charge >= 0.3 is 0 Å². The number of nitrogens with zero attached hydrogens (tertiary/aromatic N) is 3. The number of hydrogen-bond acceptors (Lipinski definition) is 2. The largest absolute Gasteiger partial charge is 0.356 e. The summed E-state index contributed by atoms with van der Waals surface area (Å²) in [6, 6.07) is 17.0. The third kappa shape index (κ3) is 5.10. The molecule has 1 N–H and O–H groups in total. The standard InChI is InChI=1S/C23H28N4O.HI/c1-2-24-23(27-15-13-20-6-3-4-7-21(20)27)25-16-18-9-11-19(12-10-18)17-26-14-5-8-22(26)28;/h3-4,6-7,9-12H,2,5,8,13-17H2,1H3,(H,24,25);1H. The molecule has 1 fully saturated rings. The van der Waals surface area contributed by atoms with Gasteiger partial charge in [0.2, 0.25) is 5.91 Å². The van der Waals surface area contributed by atoms with Crippen LogP contribution in [-0.4, -0.2) is 36.4 Å². The highest BCUT2D eigenvalue weighted by Crippen LogP contribution is 2.27. The predicted molar refractivity (Wildman–Crippen MR) is 129 cm³/mol. The van der Waals surface area contributed by atoms with Crippen LogP contribution in [0.1, 0.15) is 36.5 Å². The van der Waals surface area contributed by atoms with Gasteiger partial charge in [0, 0.05) is 38.3 Å². The maximum Gasteiger partial charge on any atom is 0.222 e. The molecule has 5 nitrogen and oxygen atoms in total. The fourth-order valence-corrected chi connectivity index (χ4v) is 3.96. The average Bonchev–Trinajstić information content (AvgIpc) is 3.33. The molecule has 1 saturated heterocycles. The summed E-state index contributed by atoms with van der Waals surface area (Å²) in [5, 5.41) is 3.43. The molecule has 0 unspecified atom stereocenters. The number of carbonyl (C=O) groups excluding carboxylic acids is 1. The minimum Gasteiger partial charge on any atom is -0.356 e. The molecule has 0 radical (unpaired) electrons. The van der Waals surface area contributed by atoms with Crippen molar-refractivity contribution in [1.29, 1.82) is 0 Å². The van der Waals surface area contributed by atoms with E-state index in [0.717, 1.165) is 45.0 Å². The van der Waals surface area contributed by atoms with Gasteiger partial charge in [-0.2, -0.15) is 0 Å². The molecule has 2 aromatic rings. The van der Waals surface area contributed by atoms with Gasteiger partial charge in [0.05, 0.1) is 6.54 Å². The van der Waals surface area contributed by atoms with E-state index in [1.165, 1.54) is 22.4 Å². The molecule has 0 atom stereocenters. The van der Waals surface area contributed by atoms with Gasteiger partial charge in [0.15, 0.2) is 5.96 Å². The van der Waals surface area contributed by atoms with Crippen LogP contribution in [0, 0.1) is 0 Å². The van der Waals surface area contributed by atoms with Gasteiger partial charge in [0.1, 0.15) is 0 Å². The number of rotatable bonds is 5. The zero-order valence-electron chi connectivity index (χ0n) is 16.9. The highest BCUT2D eigenvalue weighted by molar-refractivity contribution is 14.0. The van der Waals surface area contributed by atoms with E-state index in [2.05, 4.69) is 65.7 Å². The first-order valence-corrected chi connectivity index (χ1v) is 10.2. The minimum absolute atomic E-state index is 0. The summed E-state index contributed by atoms with van der Waals surface area (Å²) in [5.41, 5.74) is 5.00. The van der Waals surface area contributed by atoms with Crippen LogP contribution in [0.4, 0.5) is 5.69 Å². The molecule has 0 saturated carbocycles. The maximum atomic E-state index is 11.8. The Kier molecular flexibility index (Phi) is 7.52. The smallest absolute Gasteiger partial charge is 0.222 e. The number of para-hydroxylation sites is 1. The Morgan fingerprint density at radius 1 is 1.03 bits per heavy atom. The van der Waals surface area contributed by atoms with Crippen LogP contribution in [-0.2, 0) is 24.3 Å². The number of hydrogen-bond donors (Lipinski definition) is 1. The molecule has 0 bridgehead atoms. The third-order valence-corrected chi connectivity index (χ3v) is 5.46. The number of guanidine groups is 1. The van der Waals surface area contributed by atoms with Crippen LogP contribution in [0.5, 0.6) is 0 Å². The maximum absolute atomic E-state index is 11.8. The predicted octanol–water partition coefficient (Wildman–Crippen LogP) is 3.96. The Bertz CT molecular complexity index is 865. The molecule has 4 rings (SSSR count). The molecule has 6 heteroatoms. The van der Waals surface area contributed by atoms with E-state index in [1.807, 2.05) is 4.90 Å². The van der Waals surface area contributed by atoms with E-state index in [-0.39, 0.29) is 29.9 Å². The van der Waals surface area contributed by atoms with Gasteiger partial charge in [-0.05, 0) is 42.5 Å². The number of benzene rings is 2. The first kappa shape index (κ1) is 21.6. The highest BCUT2D eigenvalue weighted by Gasteiger charge is 2.22. The summed E-state index contributed by atoms with van der Waals surface area (Å²) in [5.74, 6) is 1.22. The second-order valence-electron chi connectivity index (χ2n) is 7.44. The van der Waals surface area contributed by atoms with E-state index >= 15 is 0 Å². The van der Waals surface area contributed by atoms with Crippen molar-refractivity contribution in [2.75, 3.05) is 24.5 Å². The zero-order chi connectivity index (χ0) is 19.3. The Balaban J connectivity index is 0.00000240. The quantitative estimate of drug-likeness (QED) is 0.381. The fourth-order valence-electron chi connectivity index (χ4n) is 3.96. The van der Waals surface area contributed by atoms with Crippen molar-refractivity contribution in [2.45, 2.75) is 39.3 Å². The topological polar surface area (TPSA) is 47.9 Å². The molecular formula is C23H29IN4O. The fraction of sp³-hybridized carbons (Fsp3) is 0.391. The average molecular weight is 504 g/mol. The van der Waals surface area contributed by atoms with Crippen molar-refractivity contribution in [3.8, 4) is 0 Å². The lowest BCUT2D eigenvalue weighted by atomic mass is 10.1. The molecule has 0 spiro atoms. The van der Waals surface area contributed by atoms with Crippen LogP contribution < -0.4 is 10.2 Å². The zero-order valence-corrected chi connectivity index (χ0v) is 19.3. The van der Waals surface area contributed by atoms with Gasteiger partial charge in [-0.15, -0.1) is 24.0 Å². The van der Waals surface area contributed by atoms with Gasteiger partial charge in [0.25, 0.3) is 0 Å². The first-order valence-electron chi connectivity index (χ1n) is 10.2. The second kappa shape index (κ2) is 10.1. The monoisotopic (exact) mass is 504 g/mol. The number of aliphatic imine (C=N–C) groups is 1.